The van der Waals surface area contributed by atoms with E-state index in [2.05, 4.69) is 37.9 Å². The summed E-state index contributed by atoms with van der Waals surface area (Å²) in [6.07, 6.45) is 2.19. The van der Waals surface area contributed by atoms with Crippen molar-refractivity contribution in [2.24, 2.45) is 0 Å². The van der Waals surface area contributed by atoms with Crippen molar-refractivity contribution in [3.05, 3.63) is 10.6 Å². The van der Waals surface area contributed by atoms with E-state index in [1.54, 1.807) is 0 Å². The smallest absolute Gasteiger partial charge is 0.186 e. The average molecular weight is 255 g/mol. The molecule has 98 valence electrons. The van der Waals surface area contributed by atoms with E-state index in [-0.39, 0.29) is 0 Å². The van der Waals surface area contributed by atoms with Crippen LogP contribution in [0.25, 0.3) is 0 Å². The molecule has 0 amide bonds. The fourth-order valence-corrected chi connectivity index (χ4v) is 3.20. The molecule has 0 aliphatic heterocycles. The quantitative estimate of drug-likeness (QED) is 0.811. The van der Waals surface area contributed by atoms with Gasteiger partial charge in [0.15, 0.2) is 5.13 Å². The third-order valence-corrected chi connectivity index (χ3v) is 3.91. The summed E-state index contributed by atoms with van der Waals surface area (Å²) in [7, 11) is 1.99. The molecule has 0 fully saturated rings. The van der Waals surface area contributed by atoms with Crippen molar-refractivity contribution in [3.8, 4) is 0 Å². The number of hydrogen-bond acceptors (Lipinski definition) is 4. The lowest BCUT2D eigenvalue weighted by molar-refractivity contribution is 0.667. The van der Waals surface area contributed by atoms with Gasteiger partial charge in [0.2, 0.25) is 0 Å². The molecule has 1 aromatic heterocycles. The fourth-order valence-electron chi connectivity index (χ4n) is 1.88. The molecule has 0 bridgehead atoms. The summed E-state index contributed by atoms with van der Waals surface area (Å²) in [5.41, 5.74) is 1.25. The van der Waals surface area contributed by atoms with E-state index in [0.29, 0.717) is 6.04 Å². The first-order chi connectivity index (χ1) is 8.13. The van der Waals surface area contributed by atoms with E-state index in [0.717, 1.165) is 19.5 Å². The maximum atomic E-state index is 4.79. The second-order valence-electron chi connectivity index (χ2n) is 4.54. The summed E-state index contributed by atoms with van der Waals surface area (Å²) in [5.74, 6) is 0. The van der Waals surface area contributed by atoms with Gasteiger partial charge in [-0.3, -0.25) is 0 Å². The minimum Gasteiger partial charge on any atom is -0.346 e. The summed E-state index contributed by atoms with van der Waals surface area (Å²) in [6, 6.07) is 0.522. The molecule has 17 heavy (non-hydrogen) atoms. The molecule has 0 aromatic carbocycles. The number of rotatable bonds is 7. The Morgan fingerprint density at radius 2 is 2.06 bits per heavy atom. The first kappa shape index (κ1) is 14.5. The second kappa shape index (κ2) is 6.97. The van der Waals surface area contributed by atoms with Gasteiger partial charge in [0.25, 0.3) is 0 Å². The Morgan fingerprint density at radius 1 is 1.35 bits per heavy atom. The van der Waals surface area contributed by atoms with Crippen LogP contribution < -0.4 is 10.2 Å². The van der Waals surface area contributed by atoms with Crippen LogP contribution in [0.4, 0.5) is 5.13 Å². The maximum absolute atomic E-state index is 4.79. The summed E-state index contributed by atoms with van der Waals surface area (Å²) < 4.78 is 0. The molecule has 1 rings (SSSR count). The minimum absolute atomic E-state index is 0.522. The Hall–Kier alpha value is -0.610. The monoisotopic (exact) mass is 255 g/mol. The minimum atomic E-state index is 0.522. The Kier molecular flexibility index (Phi) is 5.92. The standard InChI is InChI=1S/C13H25N3S/c1-6-8-16(10(3)4)13-15-11(7-2)12(17-13)9-14-5/h10,14H,6-9H2,1-5H3. The number of hydrogen-bond donors (Lipinski definition) is 1. The zero-order chi connectivity index (χ0) is 12.8. The molecule has 0 aliphatic carbocycles. The molecule has 1 aromatic rings. The molecule has 0 spiro atoms. The Labute approximate surface area is 109 Å². The number of nitrogens with zero attached hydrogens (tertiary/aromatic N) is 2. The van der Waals surface area contributed by atoms with Crippen molar-refractivity contribution < 1.29 is 0 Å². The molecule has 0 atom stereocenters. The van der Waals surface area contributed by atoms with Gasteiger partial charge in [-0.2, -0.15) is 0 Å². The lowest BCUT2D eigenvalue weighted by Crippen LogP contribution is -2.31. The highest BCUT2D eigenvalue weighted by atomic mass is 32.1. The number of anilines is 1. The van der Waals surface area contributed by atoms with Crippen LogP contribution in [0, 0.1) is 0 Å². The fraction of sp³-hybridized carbons (Fsp3) is 0.769. The van der Waals surface area contributed by atoms with Gasteiger partial charge in [0.1, 0.15) is 0 Å². The third kappa shape index (κ3) is 3.68. The second-order valence-corrected chi connectivity index (χ2v) is 5.60. The van der Waals surface area contributed by atoms with Crippen molar-refractivity contribution in [1.82, 2.24) is 10.3 Å². The summed E-state index contributed by atoms with van der Waals surface area (Å²) in [5, 5.41) is 4.41. The lowest BCUT2D eigenvalue weighted by Gasteiger charge is -2.25. The SMILES string of the molecule is CCCN(c1nc(CC)c(CNC)s1)C(C)C. The molecule has 1 N–H and O–H groups in total. The third-order valence-electron chi connectivity index (χ3n) is 2.77. The molecule has 0 saturated heterocycles. The number of thiazole rings is 1. The van der Waals surface area contributed by atoms with Gasteiger partial charge in [-0.25, -0.2) is 4.98 Å². The molecule has 0 unspecified atom stereocenters. The van der Waals surface area contributed by atoms with Gasteiger partial charge in [0, 0.05) is 24.0 Å². The zero-order valence-corrected chi connectivity index (χ0v) is 12.5. The summed E-state index contributed by atoms with van der Waals surface area (Å²) in [4.78, 5) is 8.58. The summed E-state index contributed by atoms with van der Waals surface area (Å²) >= 11 is 1.84. The van der Waals surface area contributed by atoms with Crippen LogP contribution in [0.5, 0.6) is 0 Å². The molecular weight excluding hydrogens is 230 g/mol. The summed E-state index contributed by atoms with van der Waals surface area (Å²) in [6.45, 7) is 10.9. The topological polar surface area (TPSA) is 28.2 Å². The highest BCUT2D eigenvalue weighted by Gasteiger charge is 2.16. The molecular formula is C13H25N3S. The van der Waals surface area contributed by atoms with Gasteiger partial charge >= 0.3 is 0 Å². The van der Waals surface area contributed by atoms with E-state index >= 15 is 0 Å². The van der Waals surface area contributed by atoms with Crippen molar-refractivity contribution in [2.45, 2.75) is 53.1 Å². The number of aromatic nitrogens is 1. The van der Waals surface area contributed by atoms with Crippen LogP contribution in [0.3, 0.4) is 0 Å². The van der Waals surface area contributed by atoms with Crippen LogP contribution in [0.1, 0.15) is 44.7 Å². The normalized spacial score (nSPS) is 11.2. The van der Waals surface area contributed by atoms with Crippen LogP contribution in [-0.2, 0) is 13.0 Å². The van der Waals surface area contributed by atoms with Crippen LogP contribution in [0.2, 0.25) is 0 Å². The molecule has 0 radical (unpaired) electrons. The highest BCUT2D eigenvalue weighted by Crippen LogP contribution is 2.28. The highest BCUT2D eigenvalue weighted by molar-refractivity contribution is 7.15. The van der Waals surface area contributed by atoms with E-state index < -0.39 is 0 Å². The first-order valence-electron chi connectivity index (χ1n) is 6.53. The van der Waals surface area contributed by atoms with Gasteiger partial charge in [-0.05, 0) is 33.7 Å². The molecule has 3 nitrogen and oxygen atoms in total. The molecule has 1 heterocycles. The van der Waals surface area contributed by atoms with Crippen LogP contribution in [0.15, 0.2) is 0 Å². The Bertz CT molecular complexity index is 333. The van der Waals surface area contributed by atoms with Gasteiger partial charge in [-0.1, -0.05) is 13.8 Å². The number of nitrogens with one attached hydrogen (secondary N) is 1. The lowest BCUT2D eigenvalue weighted by atomic mass is 10.3. The van der Waals surface area contributed by atoms with Gasteiger partial charge in [0.05, 0.1) is 5.69 Å². The first-order valence-corrected chi connectivity index (χ1v) is 7.35. The van der Waals surface area contributed by atoms with Gasteiger partial charge < -0.3 is 10.2 Å². The van der Waals surface area contributed by atoms with Crippen LogP contribution >= 0.6 is 11.3 Å². The predicted molar refractivity (Wildman–Crippen MR) is 77.0 cm³/mol. The predicted octanol–water partition coefficient (Wildman–Crippen LogP) is 3.05. The van der Waals surface area contributed by atoms with E-state index in [4.69, 9.17) is 4.98 Å². The molecule has 0 aliphatic rings. The number of aryl methyl sites for hydroxylation is 1. The van der Waals surface area contributed by atoms with Crippen molar-refractivity contribution >= 4 is 16.5 Å². The maximum Gasteiger partial charge on any atom is 0.186 e. The van der Waals surface area contributed by atoms with Crippen molar-refractivity contribution in [3.63, 3.8) is 0 Å². The van der Waals surface area contributed by atoms with Gasteiger partial charge in [-0.15, -0.1) is 11.3 Å². The Balaban J connectivity index is 2.95. The average Bonchev–Trinajstić information content (AvgIpc) is 2.69. The zero-order valence-electron chi connectivity index (χ0n) is 11.7. The van der Waals surface area contributed by atoms with Crippen LogP contribution in [-0.4, -0.2) is 24.6 Å². The Morgan fingerprint density at radius 3 is 2.53 bits per heavy atom. The van der Waals surface area contributed by atoms with E-state index in [1.165, 1.54) is 22.1 Å². The largest absolute Gasteiger partial charge is 0.346 e. The van der Waals surface area contributed by atoms with E-state index in [9.17, 15) is 0 Å². The molecule has 0 saturated carbocycles. The molecule has 4 heteroatoms. The van der Waals surface area contributed by atoms with E-state index in [1.807, 2.05) is 18.4 Å². The van der Waals surface area contributed by atoms with Crippen molar-refractivity contribution in [2.75, 3.05) is 18.5 Å². The van der Waals surface area contributed by atoms with Crippen molar-refractivity contribution in [1.29, 1.82) is 0 Å².